The van der Waals surface area contributed by atoms with Crippen LogP contribution < -0.4 is 19.5 Å². The Bertz CT molecular complexity index is 2000. The van der Waals surface area contributed by atoms with E-state index >= 15 is 0 Å². The van der Waals surface area contributed by atoms with Gasteiger partial charge in [0.1, 0.15) is 23.4 Å². The number of carbonyl (C=O) groups excluding carboxylic acids is 4. The van der Waals surface area contributed by atoms with Gasteiger partial charge >= 0.3 is 0 Å². The normalized spacial score (nSPS) is 28.7. The summed E-state index contributed by atoms with van der Waals surface area (Å²) in [5.41, 5.74) is -1.55. The smallest absolute Gasteiger partial charge is 0.265 e. The molecule has 298 valence electrons. The number of amides is 4. The number of nitrogens with zero attached hydrogens (tertiary/aromatic N) is 3. The number of halogens is 3. The molecule has 2 aliphatic carbocycles. The summed E-state index contributed by atoms with van der Waals surface area (Å²) < 4.78 is 68.2. The van der Waals surface area contributed by atoms with Crippen molar-refractivity contribution in [2.45, 2.75) is 106 Å². The van der Waals surface area contributed by atoms with Crippen LogP contribution in [0, 0.1) is 11.8 Å². The third kappa shape index (κ3) is 8.40. The maximum Gasteiger partial charge on any atom is 0.265 e. The first-order valence-electron chi connectivity index (χ1n) is 19.0. The first kappa shape index (κ1) is 39.2. The number of hydrogen-bond donors (Lipinski definition) is 2. The lowest BCUT2D eigenvalue weighted by Crippen LogP contribution is -2.57. The number of pyridine rings is 1. The number of hydrogen-bond acceptors (Lipinski definition) is 9. The van der Waals surface area contributed by atoms with Gasteiger partial charge in [0.05, 0.1) is 30.5 Å². The fraction of sp³-hybridized carbons (Fsp3) is 0.605. The molecule has 2 N–H and O–H groups in total. The fourth-order valence-corrected chi connectivity index (χ4v) is 9.75. The Morgan fingerprint density at radius 3 is 2.64 bits per heavy atom. The molecule has 0 spiro atoms. The molecule has 5 aliphatic rings. The minimum atomic E-state index is -3.93. The molecule has 4 fully saturated rings. The molecule has 0 radical (unpaired) electrons. The van der Waals surface area contributed by atoms with E-state index in [1.165, 1.54) is 18.2 Å². The molecule has 0 bridgehead atoms. The van der Waals surface area contributed by atoms with Gasteiger partial charge in [0.25, 0.3) is 11.8 Å². The van der Waals surface area contributed by atoms with E-state index in [9.17, 15) is 36.4 Å². The van der Waals surface area contributed by atoms with Gasteiger partial charge in [0, 0.05) is 54.6 Å². The summed E-state index contributed by atoms with van der Waals surface area (Å²) in [5.74, 6) is -6.30. The number of aromatic nitrogens is 1. The van der Waals surface area contributed by atoms with Gasteiger partial charge in [0.15, 0.2) is 0 Å². The van der Waals surface area contributed by atoms with Crippen LogP contribution in [0.15, 0.2) is 36.5 Å². The van der Waals surface area contributed by atoms with E-state index < -0.39 is 80.9 Å². The molecule has 17 heteroatoms. The summed E-state index contributed by atoms with van der Waals surface area (Å²) in [4.78, 5) is 63.1. The van der Waals surface area contributed by atoms with E-state index in [0.29, 0.717) is 60.1 Å². The highest BCUT2D eigenvalue weighted by molar-refractivity contribution is 7.91. The zero-order chi connectivity index (χ0) is 39.1. The van der Waals surface area contributed by atoms with Gasteiger partial charge < -0.3 is 24.6 Å². The predicted octanol–water partition coefficient (Wildman–Crippen LogP) is 4.51. The third-order valence-electron chi connectivity index (χ3n) is 11.4. The number of benzene rings is 1. The number of methoxy groups -OCH3 is 1. The maximum absolute atomic E-state index is 14.6. The average Bonchev–Trinajstić information content (AvgIpc) is 4.07. The molecule has 3 aliphatic heterocycles. The van der Waals surface area contributed by atoms with Crippen molar-refractivity contribution in [3.05, 3.63) is 41.6 Å². The molecule has 0 unspecified atom stereocenters. The monoisotopic (exact) mass is 805 g/mol. The highest BCUT2D eigenvalue weighted by atomic mass is 35.5. The molecule has 2 aromatic rings. The topological polar surface area (TPSA) is 164 Å². The summed E-state index contributed by atoms with van der Waals surface area (Å²) in [5, 5.41) is 3.70. The van der Waals surface area contributed by atoms with Crippen molar-refractivity contribution >= 4 is 56.0 Å². The Morgan fingerprint density at radius 1 is 1.09 bits per heavy atom. The second-order valence-electron chi connectivity index (χ2n) is 15.5. The van der Waals surface area contributed by atoms with Gasteiger partial charge in [-0.3, -0.25) is 23.9 Å². The van der Waals surface area contributed by atoms with Crippen LogP contribution in [0.5, 0.6) is 11.6 Å². The van der Waals surface area contributed by atoms with E-state index in [4.69, 9.17) is 21.1 Å². The summed E-state index contributed by atoms with van der Waals surface area (Å²) in [6.07, 6.45) is 8.05. The third-order valence-corrected chi connectivity index (χ3v) is 13.6. The molecule has 4 amide bonds. The van der Waals surface area contributed by atoms with Crippen LogP contribution in [0.3, 0.4) is 0 Å². The number of carbonyl (C=O) groups is 4. The lowest BCUT2D eigenvalue weighted by molar-refractivity contribution is -0.148. The second kappa shape index (κ2) is 15.5. The average molecular weight is 806 g/mol. The van der Waals surface area contributed by atoms with Crippen molar-refractivity contribution in [3.8, 4) is 11.6 Å². The molecule has 7 rings (SSSR count). The van der Waals surface area contributed by atoms with Crippen LogP contribution in [0.2, 0.25) is 5.02 Å². The zero-order valence-corrected chi connectivity index (χ0v) is 32.2. The molecule has 5 atom stereocenters. The molecule has 1 aromatic carbocycles. The van der Waals surface area contributed by atoms with E-state index in [0.717, 1.165) is 11.3 Å². The SMILES string of the molecule is COc1ccc2c(O[C@@H]3C[C@H]4C(=O)N[C@]5(C(=O)NS(=O)(=O)C6CC6)C[C@H]5C=CCCCCC[C@H](CC(=O)N5CCCC(F)(F)C5)C(=O)N4C3)nccc2c1Cl. The summed E-state index contributed by atoms with van der Waals surface area (Å²) in [7, 11) is -2.43. The number of allylic oxidation sites excluding steroid dienone is 1. The second-order valence-corrected chi connectivity index (χ2v) is 17.8. The van der Waals surface area contributed by atoms with Gasteiger partial charge in [-0.1, -0.05) is 36.6 Å². The Labute approximate surface area is 323 Å². The molecule has 2 saturated heterocycles. The number of nitrogens with one attached hydrogen (secondary N) is 2. The number of ether oxygens (including phenoxy) is 2. The standard InChI is InChI=1S/C38H46ClF2N5O8S/c1-53-30-13-12-28-27(32(30)39)14-16-42-34(28)54-25-19-29-33(48)43-38(36(50)44-55(51,52)26-10-11-26)20-24(38)9-6-4-2-3-5-8-23(35(49)46(29)21-25)18-31(47)45-17-7-15-37(40,41)22-45/h6,9,12-14,16,23-26,29H,2-5,7-8,10-11,15,17-22H2,1H3,(H,43,48)(H,44,50)/t23-,24-,25-,29+,38-/m1/s1. The molecular weight excluding hydrogens is 760 g/mol. The quantitative estimate of drug-likeness (QED) is 0.366. The van der Waals surface area contributed by atoms with E-state index in [1.54, 1.807) is 18.2 Å². The van der Waals surface area contributed by atoms with Gasteiger partial charge in [-0.2, -0.15) is 0 Å². The van der Waals surface area contributed by atoms with Gasteiger partial charge in [-0.15, -0.1) is 0 Å². The van der Waals surface area contributed by atoms with Crippen molar-refractivity contribution in [2.24, 2.45) is 11.8 Å². The fourth-order valence-electron chi connectivity index (χ4n) is 8.08. The largest absolute Gasteiger partial charge is 0.495 e. The van der Waals surface area contributed by atoms with Crippen molar-refractivity contribution in [2.75, 3.05) is 26.7 Å². The molecule has 4 heterocycles. The Hall–Kier alpha value is -4.05. The van der Waals surface area contributed by atoms with Gasteiger partial charge in [-0.05, 0) is 63.1 Å². The Balaban J connectivity index is 1.19. The number of fused-ring (bicyclic) bond motifs is 3. The van der Waals surface area contributed by atoms with Crippen LogP contribution in [0.1, 0.15) is 77.0 Å². The van der Waals surface area contributed by atoms with Crippen LogP contribution >= 0.6 is 11.6 Å². The number of likely N-dealkylation sites (tertiary alicyclic amines) is 1. The van der Waals surface area contributed by atoms with Gasteiger partial charge in [-0.25, -0.2) is 22.2 Å². The Morgan fingerprint density at radius 2 is 1.89 bits per heavy atom. The summed E-state index contributed by atoms with van der Waals surface area (Å²) in [6, 6.07) is 3.94. The van der Waals surface area contributed by atoms with E-state index in [1.807, 2.05) is 12.2 Å². The highest BCUT2D eigenvalue weighted by Crippen LogP contribution is 2.46. The number of rotatable bonds is 8. The summed E-state index contributed by atoms with van der Waals surface area (Å²) in [6.45, 7) is -0.620. The van der Waals surface area contributed by atoms with Crippen molar-refractivity contribution < 1.29 is 45.9 Å². The van der Waals surface area contributed by atoms with Crippen molar-refractivity contribution in [1.82, 2.24) is 24.8 Å². The number of alkyl halides is 2. The first-order chi connectivity index (χ1) is 26.2. The maximum atomic E-state index is 14.6. The summed E-state index contributed by atoms with van der Waals surface area (Å²) >= 11 is 6.58. The van der Waals surface area contributed by atoms with Gasteiger partial charge in [0.2, 0.25) is 33.6 Å². The van der Waals surface area contributed by atoms with E-state index in [2.05, 4.69) is 15.0 Å². The van der Waals surface area contributed by atoms with E-state index in [-0.39, 0.29) is 51.1 Å². The minimum absolute atomic E-state index is 0.0167. The Kier molecular flexibility index (Phi) is 11.0. The highest BCUT2D eigenvalue weighted by Gasteiger charge is 2.62. The predicted molar refractivity (Wildman–Crippen MR) is 198 cm³/mol. The van der Waals surface area contributed by atoms with Crippen molar-refractivity contribution in [1.29, 1.82) is 0 Å². The minimum Gasteiger partial charge on any atom is -0.495 e. The lowest BCUT2D eigenvalue weighted by atomic mass is 9.94. The molecular formula is C38H46ClF2N5O8S. The van der Waals surface area contributed by atoms with Crippen LogP contribution in [-0.2, 0) is 29.2 Å². The van der Waals surface area contributed by atoms with Crippen LogP contribution in [-0.4, -0.2) is 102 Å². The van der Waals surface area contributed by atoms with Crippen molar-refractivity contribution in [3.63, 3.8) is 0 Å². The molecule has 55 heavy (non-hydrogen) atoms. The number of piperidine rings is 1. The number of sulfonamides is 1. The zero-order valence-electron chi connectivity index (χ0n) is 30.6. The molecule has 2 saturated carbocycles. The first-order valence-corrected chi connectivity index (χ1v) is 20.9. The lowest BCUT2D eigenvalue weighted by Gasteiger charge is -2.34. The molecule has 13 nitrogen and oxygen atoms in total. The molecule has 1 aromatic heterocycles. The van der Waals surface area contributed by atoms with Crippen LogP contribution in [0.25, 0.3) is 10.8 Å². The van der Waals surface area contributed by atoms with Crippen LogP contribution in [0.4, 0.5) is 8.78 Å².